The number of nitrogen functional groups attached to an aromatic ring is 1. The number of aromatic amines is 1. The summed E-state index contributed by atoms with van der Waals surface area (Å²) in [6, 6.07) is 0. The van der Waals surface area contributed by atoms with Crippen LogP contribution in [0.25, 0.3) is 11.2 Å². The van der Waals surface area contributed by atoms with Crippen LogP contribution in [0.15, 0.2) is 11.1 Å². The van der Waals surface area contributed by atoms with E-state index in [-0.39, 0.29) is 17.1 Å². The van der Waals surface area contributed by atoms with Gasteiger partial charge in [-0.1, -0.05) is 0 Å². The topological polar surface area (TPSA) is 261 Å². The largest absolute Gasteiger partial charge is 0.790 e. The number of phosphoric ester groups is 1. The lowest BCUT2D eigenvalue weighted by Gasteiger charge is -2.35. The van der Waals surface area contributed by atoms with Crippen LogP contribution in [0, 0.1) is 0 Å². The lowest BCUT2D eigenvalue weighted by Crippen LogP contribution is -2.34. The summed E-state index contributed by atoms with van der Waals surface area (Å²) in [6.45, 7) is -0.988. The Morgan fingerprint density at radius 1 is 1.32 bits per heavy atom. The standard InChI is InChI=1S/C10H15N5O11P2/c11-10-13-7-4(8(18)14-10)12-2-15(7)9-6(17)5(16)3(25-9)1-24-28(22,23)26-27(19,20)21/h2-3,5-6,9,16-17H,1H2,(H,22,23)(H2,19,20,21)(H3,11,13,14,18)/p-3/t3-,5+,6?,9-/m1/s1. The minimum Gasteiger partial charge on any atom is -0.790 e. The normalized spacial score (nSPS) is 27.9. The second kappa shape index (κ2) is 7.27. The Morgan fingerprint density at radius 3 is 2.64 bits per heavy atom. The van der Waals surface area contributed by atoms with Gasteiger partial charge in [0.15, 0.2) is 17.4 Å². The fourth-order valence-electron chi connectivity index (χ4n) is 2.54. The SMILES string of the molecule is Nc1nc2c(ncn2[C@@H]2O[C@H](COP(=O)([O-])OP(=O)([O-])[O-])[C@H](O)C2O)c(=O)[nH]1. The molecule has 0 amide bonds. The number of fused-ring (bicyclic) bond motifs is 1. The van der Waals surface area contributed by atoms with Gasteiger partial charge in [0.25, 0.3) is 13.4 Å². The van der Waals surface area contributed by atoms with Crippen molar-refractivity contribution < 1.29 is 47.6 Å². The Bertz CT molecular complexity index is 1030. The molecule has 0 spiro atoms. The molecule has 3 rings (SSSR count). The molecule has 2 unspecified atom stereocenters. The molecule has 0 aliphatic carbocycles. The zero-order valence-electron chi connectivity index (χ0n) is 13.5. The van der Waals surface area contributed by atoms with Crippen LogP contribution in [-0.2, 0) is 22.7 Å². The molecular formula is C10H12N5O11P2-3. The van der Waals surface area contributed by atoms with Crippen molar-refractivity contribution >= 4 is 32.8 Å². The number of phosphoric acid groups is 2. The highest BCUT2D eigenvalue weighted by Crippen LogP contribution is 2.50. The Morgan fingerprint density at radius 2 is 2.00 bits per heavy atom. The smallest absolute Gasteiger partial charge is 0.280 e. The van der Waals surface area contributed by atoms with E-state index in [1.807, 2.05) is 0 Å². The predicted molar refractivity (Wildman–Crippen MR) is 80.7 cm³/mol. The van der Waals surface area contributed by atoms with Crippen LogP contribution >= 0.6 is 15.6 Å². The number of hydrogen-bond donors (Lipinski definition) is 4. The molecule has 5 atom stereocenters. The van der Waals surface area contributed by atoms with Gasteiger partial charge in [0.1, 0.15) is 18.3 Å². The van der Waals surface area contributed by atoms with E-state index in [0.29, 0.717) is 0 Å². The number of aliphatic hydroxyl groups excluding tert-OH is 2. The van der Waals surface area contributed by atoms with Crippen molar-refractivity contribution in [2.24, 2.45) is 0 Å². The lowest BCUT2D eigenvalue weighted by molar-refractivity contribution is -0.339. The molecule has 28 heavy (non-hydrogen) atoms. The van der Waals surface area contributed by atoms with E-state index in [0.717, 1.165) is 10.9 Å². The second-order valence-corrected chi connectivity index (χ2v) is 8.29. The minimum atomic E-state index is -5.88. The van der Waals surface area contributed by atoms with E-state index in [1.54, 1.807) is 0 Å². The van der Waals surface area contributed by atoms with Crippen molar-refractivity contribution in [3.8, 4) is 0 Å². The number of hydrogen-bond acceptors (Lipinski definition) is 14. The molecular weight excluding hydrogens is 428 g/mol. The number of aromatic nitrogens is 4. The summed E-state index contributed by atoms with van der Waals surface area (Å²) in [7, 11) is -11.4. The highest BCUT2D eigenvalue weighted by molar-refractivity contribution is 7.58. The molecule has 0 saturated carbocycles. The lowest BCUT2D eigenvalue weighted by atomic mass is 10.1. The number of H-pyrrole nitrogens is 1. The maximum atomic E-state index is 11.8. The van der Waals surface area contributed by atoms with Crippen LogP contribution in [0.3, 0.4) is 0 Å². The summed E-state index contributed by atoms with van der Waals surface area (Å²) >= 11 is 0. The van der Waals surface area contributed by atoms with Gasteiger partial charge in [-0.15, -0.1) is 0 Å². The fraction of sp³-hybridized carbons (Fsp3) is 0.500. The zero-order valence-corrected chi connectivity index (χ0v) is 15.3. The Hall–Kier alpha value is -1.71. The van der Waals surface area contributed by atoms with E-state index in [9.17, 15) is 38.8 Å². The summed E-state index contributed by atoms with van der Waals surface area (Å²) in [5.74, 6) is -0.253. The first-order valence-electron chi connectivity index (χ1n) is 7.31. The van der Waals surface area contributed by atoms with Crippen molar-refractivity contribution in [3.05, 3.63) is 16.7 Å². The summed E-state index contributed by atoms with van der Waals surface area (Å²) < 4.78 is 35.5. The van der Waals surface area contributed by atoms with Crippen molar-refractivity contribution in [1.29, 1.82) is 0 Å². The summed E-state index contributed by atoms with van der Waals surface area (Å²) in [6.07, 6.45) is -5.14. The van der Waals surface area contributed by atoms with Gasteiger partial charge < -0.3 is 44.5 Å². The number of nitrogens with one attached hydrogen (secondary N) is 1. The van der Waals surface area contributed by atoms with Crippen LogP contribution in [0.2, 0.25) is 0 Å². The van der Waals surface area contributed by atoms with Gasteiger partial charge in [-0.05, 0) is 0 Å². The molecule has 18 heteroatoms. The van der Waals surface area contributed by atoms with Gasteiger partial charge in [-0.25, -0.2) is 4.98 Å². The van der Waals surface area contributed by atoms with Gasteiger partial charge in [0, 0.05) is 0 Å². The third-order valence-corrected chi connectivity index (χ3v) is 5.72. The quantitative estimate of drug-likeness (QED) is 0.309. The van der Waals surface area contributed by atoms with Gasteiger partial charge in [0.05, 0.1) is 20.8 Å². The highest BCUT2D eigenvalue weighted by Gasteiger charge is 2.45. The second-order valence-electron chi connectivity index (χ2n) is 5.59. The average Bonchev–Trinajstić information content (AvgIpc) is 3.06. The first-order chi connectivity index (χ1) is 12.9. The third-order valence-electron chi connectivity index (χ3n) is 3.66. The molecule has 3 heterocycles. The van der Waals surface area contributed by atoms with Gasteiger partial charge in [-0.3, -0.25) is 23.2 Å². The van der Waals surface area contributed by atoms with Gasteiger partial charge in [0.2, 0.25) is 5.95 Å². The summed E-state index contributed by atoms with van der Waals surface area (Å²) in [4.78, 5) is 53.7. The Balaban J connectivity index is 1.79. The third kappa shape index (κ3) is 4.31. The van der Waals surface area contributed by atoms with E-state index in [1.165, 1.54) is 0 Å². The molecule has 0 aromatic carbocycles. The van der Waals surface area contributed by atoms with Crippen LogP contribution < -0.4 is 26.0 Å². The Labute approximate surface area is 154 Å². The monoisotopic (exact) mass is 440 g/mol. The number of imidazole rings is 1. The number of ether oxygens (including phenoxy) is 1. The van der Waals surface area contributed by atoms with Crippen LogP contribution in [0.1, 0.15) is 6.23 Å². The fourth-order valence-corrected chi connectivity index (χ4v) is 4.03. The molecule has 1 saturated heterocycles. The van der Waals surface area contributed by atoms with Crippen molar-refractivity contribution in [3.63, 3.8) is 0 Å². The highest BCUT2D eigenvalue weighted by atomic mass is 31.3. The molecule has 2 aromatic rings. The molecule has 1 aliphatic rings. The molecule has 2 aromatic heterocycles. The first kappa shape index (κ1) is 21.0. The van der Waals surface area contributed by atoms with Crippen molar-refractivity contribution in [2.45, 2.75) is 24.5 Å². The van der Waals surface area contributed by atoms with Crippen LogP contribution in [0.4, 0.5) is 5.95 Å². The van der Waals surface area contributed by atoms with E-state index < -0.39 is 52.4 Å². The van der Waals surface area contributed by atoms with Crippen LogP contribution in [0.5, 0.6) is 0 Å². The molecule has 156 valence electrons. The van der Waals surface area contributed by atoms with E-state index in [4.69, 9.17) is 10.5 Å². The molecule has 0 bridgehead atoms. The van der Waals surface area contributed by atoms with Gasteiger partial charge >= 0.3 is 0 Å². The molecule has 1 fully saturated rings. The number of anilines is 1. The summed E-state index contributed by atoms with van der Waals surface area (Å²) in [5, 5.41) is 20.2. The molecule has 0 radical (unpaired) electrons. The Kier molecular flexibility index (Phi) is 5.46. The number of nitrogens with zero attached hydrogens (tertiary/aromatic N) is 3. The maximum Gasteiger partial charge on any atom is 0.280 e. The van der Waals surface area contributed by atoms with E-state index in [2.05, 4.69) is 23.8 Å². The van der Waals surface area contributed by atoms with E-state index >= 15 is 0 Å². The van der Waals surface area contributed by atoms with Gasteiger partial charge in [-0.2, -0.15) is 4.98 Å². The zero-order chi connectivity index (χ0) is 20.9. The molecule has 16 nitrogen and oxygen atoms in total. The minimum absolute atomic E-state index is 0.0875. The predicted octanol–water partition coefficient (Wildman–Crippen LogP) is -4.35. The van der Waals surface area contributed by atoms with Crippen molar-refractivity contribution in [2.75, 3.05) is 12.3 Å². The number of rotatable bonds is 6. The van der Waals surface area contributed by atoms with Crippen molar-refractivity contribution in [1.82, 2.24) is 19.5 Å². The molecule has 1 aliphatic heterocycles. The van der Waals surface area contributed by atoms with Crippen LogP contribution in [-0.4, -0.2) is 54.7 Å². The summed E-state index contributed by atoms with van der Waals surface area (Å²) in [5.41, 5.74) is 4.56. The number of aliphatic hydroxyl groups is 2. The number of nitrogens with two attached hydrogens (primary N) is 1. The maximum absolute atomic E-state index is 11.8. The molecule has 5 N–H and O–H groups in total. The average molecular weight is 440 g/mol. The first-order valence-corrected chi connectivity index (χ1v) is 10.2.